The molecule has 2 aromatic carbocycles. The molecule has 0 unspecified atom stereocenters. The van der Waals surface area contributed by atoms with E-state index in [1.807, 2.05) is 48.5 Å². The van der Waals surface area contributed by atoms with Crippen LogP contribution in [0.1, 0.15) is 31.1 Å². The van der Waals surface area contributed by atoms with Gasteiger partial charge in [-0.25, -0.2) is 0 Å². The van der Waals surface area contributed by atoms with Crippen LogP contribution >= 0.6 is 11.6 Å². The third kappa shape index (κ3) is 2.90. The molecule has 7 heteroatoms. The molecule has 1 saturated heterocycles. The van der Waals surface area contributed by atoms with Crippen LogP contribution in [0.15, 0.2) is 57.5 Å². The topological polar surface area (TPSA) is 68.2 Å². The fraction of sp³-hybridized carbons (Fsp3) is 0.318. The van der Waals surface area contributed by atoms with Crippen molar-refractivity contribution in [3.05, 3.63) is 59.4 Å². The Morgan fingerprint density at radius 3 is 2.72 bits per heavy atom. The van der Waals surface area contributed by atoms with Crippen LogP contribution in [0.2, 0.25) is 5.02 Å². The Morgan fingerprint density at radius 2 is 1.90 bits per heavy atom. The zero-order valence-corrected chi connectivity index (χ0v) is 16.5. The number of fused-ring (bicyclic) bond motifs is 1. The third-order valence-corrected chi connectivity index (χ3v) is 6.56. The van der Waals surface area contributed by atoms with E-state index in [9.17, 15) is 0 Å². The standard InChI is InChI=1S/C22H19ClN4O2/c23-15-5-3-4-14(12-15)19-25-20(29-26-19)16-13-22(16)8-10-27(11-9-22)21-24-17-6-1-2-7-18(17)28-21/h1-7,12,16H,8-11,13H2/t16-/m1/s1. The van der Waals surface area contributed by atoms with E-state index in [1.165, 1.54) is 0 Å². The highest BCUT2D eigenvalue weighted by molar-refractivity contribution is 6.30. The Hall–Kier alpha value is -2.86. The predicted molar refractivity (Wildman–Crippen MR) is 110 cm³/mol. The minimum atomic E-state index is 0.265. The van der Waals surface area contributed by atoms with Crippen LogP contribution in [0, 0.1) is 5.41 Å². The van der Waals surface area contributed by atoms with Gasteiger partial charge in [-0.1, -0.05) is 41.0 Å². The largest absolute Gasteiger partial charge is 0.423 e. The van der Waals surface area contributed by atoms with Gasteiger partial charge in [-0.15, -0.1) is 0 Å². The molecular formula is C22H19ClN4O2. The van der Waals surface area contributed by atoms with Crippen LogP contribution in [-0.2, 0) is 0 Å². The number of rotatable bonds is 3. The van der Waals surface area contributed by atoms with E-state index in [1.54, 1.807) is 0 Å². The van der Waals surface area contributed by atoms with Gasteiger partial charge in [-0.05, 0) is 48.9 Å². The average Bonchev–Trinajstić information content (AvgIpc) is 3.12. The first kappa shape index (κ1) is 17.0. The summed E-state index contributed by atoms with van der Waals surface area (Å²) in [6.45, 7) is 1.86. The maximum Gasteiger partial charge on any atom is 0.298 e. The number of nitrogens with zero attached hydrogens (tertiary/aromatic N) is 4. The lowest BCUT2D eigenvalue weighted by Crippen LogP contribution is -2.35. The molecule has 4 aromatic rings. The second kappa shape index (κ2) is 6.32. The van der Waals surface area contributed by atoms with E-state index in [0.717, 1.165) is 60.9 Å². The van der Waals surface area contributed by atoms with Gasteiger partial charge in [-0.2, -0.15) is 9.97 Å². The summed E-state index contributed by atoms with van der Waals surface area (Å²) < 4.78 is 11.5. The van der Waals surface area contributed by atoms with Crippen molar-refractivity contribution in [2.24, 2.45) is 5.41 Å². The van der Waals surface area contributed by atoms with Gasteiger partial charge >= 0.3 is 0 Å². The zero-order valence-electron chi connectivity index (χ0n) is 15.7. The molecule has 0 amide bonds. The Labute approximate surface area is 172 Å². The van der Waals surface area contributed by atoms with E-state index in [2.05, 4.69) is 20.0 Å². The minimum absolute atomic E-state index is 0.265. The Bertz CT molecular complexity index is 1160. The number of halogens is 1. The van der Waals surface area contributed by atoms with Crippen LogP contribution in [-0.4, -0.2) is 28.2 Å². The molecule has 1 spiro atoms. The summed E-state index contributed by atoms with van der Waals surface area (Å²) in [5.74, 6) is 1.69. The molecule has 2 aliphatic rings. The molecule has 0 bridgehead atoms. The first-order valence-electron chi connectivity index (χ1n) is 9.90. The summed E-state index contributed by atoms with van der Waals surface area (Å²) in [6.07, 6.45) is 3.25. The average molecular weight is 407 g/mol. The van der Waals surface area contributed by atoms with Crippen LogP contribution in [0.25, 0.3) is 22.5 Å². The predicted octanol–water partition coefficient (Wildman–Crippen LogP) is 5.31. The first-order chi connectivity index (χ1) is 14.2. The molecule has 29 heavy (non-hydrogen) atoms. The lowest BCUT2D eigenvalue weighted by Gasteiger charge is -2.31. The molecule has 6 nitrogen and oxygen atoms in total. The van der Waals surface area contributed by atoms with E-state index >= 15 is 0 Å². The molecule has 1 aliphatic heterocycles. The van der Waals surface area contributed by atoms with Crippen LogP contribution < -0.4 is 4.90 Å². The van der Waals surface area contributed by atoms with Crippen molar-refractivity contribution < 1.29 is 8.94 Å². The number of hydrogen-bond acceptors (Lipinski definition) is 6. The Balaban J connectivity index is 1.16. The van der Waals surface area contributed by atoms with Crippen LogP contribution in [0.5, 0.6) is 0 Å². The van der Waals surface area contributed by atoms with Gasteiger partial charge in [0.2, 0.25) is 11.7 Å². The van der Waals surface area contributed by atoms with Gasteiger partial charge in [0.05, 0.1) is 0 Å². The zero-order chi connectivity index (χ0) is 19.4. The fourth-order valence-electron chi connectivity index (χ4n) is 4.51. The number of para-hydroxylation sites is 2. The van der Waals surface area contributed by atoms with Crippen LogP contribution in [0.4, 0.5) is 6.01 Å². The quantitative estimate of drug-likeness (QED) is 0.459. The number of aromatic nitrogens is 3. The van der Waals surface area contributed by atoms with Crippen molar-refractivity contribution in [3.63, 3.8) is 0 Å². The summed E-state index contributed by atoms with van der Waals surface area (Å²) in [6, 6.07) is 16.2. The molecule has 0 radical (unpaired) electrons. The van der Waals surface area contributed by atoms with Crippen molar-refractivity contribution in [2.45, 2.75) is 25.2 Å². The Morgan fingerprint density at radius 1 is 1.03 bits per heavy atom. The fourth-order valence-corrected chi connectivity index (χ4v) is 4.70. The lowest BCUT2D eigenvalue weighted by molar-refractivity contribution is 0.321. The minimum Gasteiger partial charge on any atom is -0.423 e. The molecule has 0 N–H and O–H groups in total. The Kier molecular flexibility index (Phi) is 3.71. The maximum absolute atomic E-state index is 6.08. The summed E-state index contributed by atoms with van der Waals surface area (Å²) in [7, 11) is 0. The molecule has 2 aromatic heterocycles. The van der Waals surface area contributed by atoms with E-state index < -0.39 is 0 Å². The third-order valence-electron chi connectivity index (χ3n) is 6.32. The highest BCUT2D eigenvalue weighted by Crippen LogP contribution is 2.64. The van der Waals surface area contributed by atoms with Gasteiger partial charge in [0.25, 0.3) is 6.01 Å². The first-order valence-corrected chi connectivity index (χ1v) is 10.3. The highest BCUT2D eigenvalue weighted by Gasteiger charge is 2.58. The van der Waals surface area contributed by atoms with Gasteiger partial charge in [-0.3, -0.25) is 0 Å². The molecule has 6 rings (SSSR count). The van der Waals surface area contributed by atoms with Crippen molar-refractivity contribution in [3.8, 4) is 11.4 Å². The SMILES string of the molecule is Clc1cccc(-c2noc([C@H]3CC34CCN(c3nc5ccccc5o3)CC4)n2)c1. The summed E-state index contributed by atoms with van der Waals surface area (Å²) >= 11 is 6.08. The highest BCUT2D eigenvalue weighted by atomic mass is 35.5. The van der Waals surface area contributed by atoms with Gasteiger partial charge in [0, 0.05) is 29.6 Å². The van der Waals surface area contributed by atoms with Gasteiger partial charge in [0.1, 0.15) is 5.52 Å². The smallest absolute Gasteiger partial charge is 0.298 e. The van der Waals surface area contributed by atoms with Crippen molar-refractivity contribution in [2.75, 3.05) is 18.0 Å². The van der Waals surface area contributed by atoms with Crippen molar-refractivity contribution in [1.82, 2.24) is 15.1 Å². The lowest BCUT2D eigenvalue weighted by atomic mass is 9.91. The number of oxazole rings is 1. The summed E-state index contributed by atoms with van der Waals surface area (Å²) in [5, 5.41) is 4.84. The molecule has 1 saturated carbocycles. The second-order valence-corrected chi connectivity index (χ2v) is 8.47. The molecule has 1 atom stereocenters. The molecule has 1 aliphatic carbocycles. The summed E-state index contributed by atoms with van der Waals surface area (Å²) in [5.41, 5.74) is 2.90. The number of benzene rings is 2. The monoisotopic (exact) mass is 406 g/mol. The second-order valence-electron chi connectivity index (χ2n) is 8.04. The summed E-state index contributed by atoms with van der Waals surface area (Å²) in [4.78, 5) is 11.5. The maximum atomic E-state index is 6.08. The van der Waals surface area contributed by atoms with Gasteiger partial charge < -0.3 is 13.8 Å². The molecule has 3 heterocycles. The van der Waals surface area contributed by atoms with E-state index in [4.69, 9.17) is 20.5 Å². The number of anilines is 1. The normalized spacial score (nSPS) is 20.4. The van der Waals surface area contributed by atoms with E-state index in [0.29, 0.717) is 16.8 Å². The van der Waals surface area contributed by atoms with Crippen molar-refractivity contribution >= 4 is 28.7 Å². The van der Waals surface area contributed by atoms with Gasteiger partial charge in [0.15, 0.2) is 5.58 Å². The molecule has 2 fully saturated rings. The molecule has 146 valence electrons. The molecular weight excluding hydrogens is 388 g/mol. The number of hydrogen-bond donors (Lipinski definition) is 0. The van der Waals surface area contributed by atoms with Crippen molar-refractivity contribution in [1.29, 1.82) is 0 Å². The number of piperidine rings is 1. The van der Waals surface area contributed by atoms with E-state index in [-0.39, 0.29) is 5.41 Å². The van der Waals surface area contributed by atoms with Crippen LogP contribution in [0.3, 0.4) is 0 Å².